The second kappa shape index (κ2) is 6.12. The van der Waals surface area contributed by atoms with Crippen LogP contribution in [-0.2, 0) is 11.2 Å². The van der Waals surface area contributed by atoms with Crippen LogP contribution < -0.4 is 10.2 Å². The van der Waals surface area contributed by atoms with Crippen molar-refractivity contribution in [3.63, 3.8) is 0 Å². The SMILES string of the molecule is CCc1ccc(N2CC(=Cc3ccc(C)o3)C(=O)NC2=O)cc1. The molecule has 5 nitrogen and oxygen atoms in total. The normalized spacial score (nSPS) is 16.8. The lowest BCUT2D eigenvalue weighted by Crippen LogP contribution is -2.51. The molecule has 1 saturated heterocycles. The molecule has 1 aromatic carbocycles. The Balaban J connectivity index is 1.87. The van der Waals surface area contributed by atoms with E-state index in [1.54, 1.807) is 17.0 Å². The quantitative estimate of drug-likeness (QED) is 0.885. The number of aryl methyl sites for hydroxylation is 2. The van der Waals surface area contributed by atoms with Gasteiger partial charge in [0.2, 0.25) is 0 Å². The van der Waals surface area contributed by atoms with Crippen LogP contribution in [0.5, 0.6) is 0 Å². The van der Waals surface area contributed by atoms with Crippen molar-refractivity contribution in [3.05, 3.63) is 59.1 Å². The van der Waals surface area contributed by atoms with E-state index in [0.717, 1.165) is 17.9 Å². The minimum atomic E-state index is -0.410. The first-order chi connectivity index (χ1) is 11.1. The number of imide groups is 1. The molecule has 3 rings (SSSR count). The van der Waals surface area contributed by atoms with E-state index in [-0.39, 0.29) is 12.5 Å². The highest BCUT2D eigenvalue weighted by atomic mass is 16.3. The largest absolute Gasteiger partial charge is 0.462 e. The Kier molecular flexibility index (Phi) is 4.02. The second-order valence-electron chi connectivity index (χ2n) is 5.48. The van der Waals surface area contributed by atoms with Gasteiger partial charge in [0, 0.05) is 11.3 Å². The van der Waals surface area contributed by atoms with E-state index < -0.39 is 6.03 Å². The van der Waals surface area contributed by atoms with Crippen LogP contribution in [0.15, 0.2) is 46.4 Å². The van der Waals surface area contributed by atoms with Crippen LogP contribution in [0, 0.1) is 6.92 Å². The van der Waals surface area contributed by atoms with Crippen molar-refractivity contribution in [1.29, 1.82) is 0 Å². The van der Waals surface area contributed by atoms with E-state index in [4.69, 9.17) is 4.42 Å². The first kappa shape index (κ1) is 15.1. The maximum atomic E-state index is 12.1. The smallest absolute Gasteiger partial charge is 0.329 e. The van der Waals surface area contributed by atoms with E-state index in [9.17, 15) is 9.59 Å². The van der Waals surface area contributed by atoms with Gasteiger partial charge in [0.1, 0.15) is 11.5 Å². The molecule has 0 radical (unpaired) electrons. The van der Waals surface area contributed by atoms with Crippen LogP contribution in [-0.4, -0.2) is 18.5 Å². The molecule has 0 unspecified atom stereocenters. The lowest BCUT2D eigenvalue weighted by molar-refractivity contribution is -0.116. The van der Waals surface area contributed by atoms with Crippen LogP contribution in [0.4, 0.5) is 10.5 Å². The van der Waals surface area contributed by atoms with Gasteiger partial charge in [0.25, 0.3) is 5.91 Å². The Hall–Kier alpha value is -2.82. The lowest BCUT2D eigenvalue weighted by atomic mass is 10.1. The molecule has 0 spiro atoms. The molecule has 1 aromatic heterocycles. The number of amides is 3. The summed E-state index contributed by atoms with van der Waals surface area (Å²) in [5.41, 5.74) is 2.44. The molecule has 2 aromatic rings. The Morgan fingerprint density at radius 3 is 2.52 bits per heavy atom. The fourth-order valence-corrected chi connectivity index (χ4v) is 2.49. The maximum Gasteiger partial charge on any atom is 0.329 e. The van der Waals surface area contributed by atoms with Gasteiger partial charge in [-0.25, -0.2) is 4.79 Å². The lowest BCUT2D eigenvalue weighted by Gasteiger charge is -2.28. The van der Waals surface area contributed by atoms with E-state index in [2.05, 4.69) is 12.2 Å². The molecule has 1 fully saturated rings. The topological polar surface area (TPSA) is 62.6 Å². The maximum absolute atomic E-state index is 12.1. The molecule has 0 bridgehead atoms. The Morgan fingerprint density at radius 2 is 1.91 bits per heavy atom. The molecular formula is C18H18N2O3. The van der Waals surface area contributed by atoms with Crippen LogP contribution in [0.2, 0.25) is 0 Å². The molecule has 1 N–H and O–H groups in total. The standard InChI is InChI=1S/C18H18N2O3/c1-3-13-5-7-15(8-6-13)20-11-14(17(21)19-18(20)22)10-16-9-4-12(2)23-16/h4-10H,3,11H2,1-2H3,(H,19,21,22). The highest BCUT2D eigenvalue weighted by Gasteiger charge is 2.28. The molecule has 1 aliphatic heterocycles. The van der Waals surface area contributed by atoms with E-state index >= 15 is 0 Å². The number of carbonyl (C=O) groups is 2. The van der Waals surface area contributed by atoms with Gasteiger partial charge in [-0.3, -0.25) is 15.0 Å². The Labute approximate surface area is 134 Å². The van der Waals surface area contributed by atoms with Crippen LogP contribution >= 0.6 is 0 Å². The van der Waals surface area contributed by atoms with Gasteiger partial charge in [-0.15, -0.1) is 0 Å². The Morgan fingerprint density at radius 1 is 1.17 bits per heavy atom. The van der Waals surface area contributed by atoms with Gasteiger partial charge in [-0.05, 0) is 49.2 Å². The average molecular weight is 310 g/mol. The third kappa shape index (κ3) is 3.18. The summed E-state index contributed by atoms with van der Waals surface area (Å²) in [6.07, 6.45) is 2.61. The number of rotatable bonds is 3. The summed E-state index contributed by atoms with van der Waals surface area (Å²) < 4.78 is 5.47. The number of urea groups is 1. The number of carbonyl (C=O) groups excluding carboxylic acids is 2. The zero-order valence-corrected chi connectivity index (χ0v) is 13.1. The first-order valence-electron chi connectivity index (χ1n) is 7.55. The van der Waals surface area contributed by atoms with Crippen molar-refractivity contribution in [3.8, 4) is 0 Å². The summed E-state index contributed by atoms with van der Waals surface area (Å²) in [5.74, 6) is 0.991. The van der Waals surface area contributed by atoms with Crippen LogP contribution in [0.3, 0.4) is 0 Å². The third-order valence-corrected chi connectivity index (χ3v) is 3.82. The summed E-state index contributed by atoms with van der Waals surface area (Å²) in [4.78, 5) is 25.7. The fourth-order valence-electron chi connectivity index (χ4n) is 2.49. The van der Waals surface area contributed by atoms with E-state index in [1.807, 2.05) is 37.3 Å². The summed E-state index contributed by atoms with van der Waals surface area (Å²) in [6, 6.07) is 11.0. The van der Waals surface area contributed by atoms with Gasteiger partial charge in [0.05, 0.1) is 6.54 Å². The van der Waals surface area contributed by atoms with Gasteiger partial charge in [-0.1, -0.05) is 19.1 Å². The van der Waals surface area contributed by atoms with Gasteiger partial charge >= 0.3 is 6.03 Å². The minimum absolute atomic E-state index is 0.218. The number of hydrogen-bond acceptors (Lipinski definition) is 3. The number of anilines is 1. The summed E-state index contributed by atoms with van der Waals surface area (Å²) in [6.45, 7) is 4.14. The molecule has 0 saturated carbocycles. The average Bonchev–Trinajstić information content (AvgIpc) is 2.95. The molecule has 23 heavy (non-hydrogen) atoms. The molecular weight excluding hydrogens is 292 g/mol. The molecule has 3 amide bonds. The van der Waals surface area contributed by atoms with Crippen molar-refractivity contribution < 1.29 is 14.0 Å². The number of hydrogen-bond donors (Lipinski definition) is 1. The predicted octanol–water partition coefficient (Wildman–Crippen LogP) is 3.29. The highest BCUT2D eigenvalue weighted by Crippen LogP contribution is 2.21. The van der Waals surface area contributed by atoms with Crippen LogP contribution in [0.25, 0.3) is 6.08 Å². The number of nitrogens with one attached hydrogen (secondary N) is 1. The zero-order valence-electron chi connectivity index (χ0n) is 13.1. The molecule has 118 valence electrons. The monoisotopic (exact) mass is 310 g/mol. The third-order valence-electron chi connectivity index (χ3n) is 3.82. The van der Waals surface area contributed by atoms with Crippen molar-refractivity contribution >= 4 is 23.7 Å². The minimum Gasteiger partial charge on any atom is -0.462 e. The van der Waals surface area contributed by atoms with E-state index in [1.165, 1.54) is 5.56 Å². The highest BCUT2D eigenvalue weighted by molar-refractivity contribution is 6.14. The second-order valence-corrected chi connectivity index (χ2v) is 5.48. The summed E-state index contributed by atoms with van der Waals surface area (Å²) in [7, 11) is 0. The molecule has 0 aliphatic carbocycles. The van der Waals surface area contributed by atoms with Crippen molar-refractivity contribution in [2.75, 3.05) is 11.4 Å². The predicted molar refractivity (Wildman–Crippen MR) is 88.1 cm³/mol. The summed E-state index contributed by atoms with van der Waals surface area (Å²) in [5, 5.41) is 2.37. The van der Waals surface area contributed by atoms with E-state index in [0.29, 0.717) is 11.3 Å². The van der Waals surface area contributed by atoms with Gasteiger partial charge in [0.15, 0.2) is 0 Å². The van der Waals surface area contributed by atoms with Crippen LogP contribution in [0.1, 0.15) is 24.0 Å². The summed E-state index contributed by atoms with van der Waals surface area (Å²) >= 11 is 0. The fraction of sp³-hybridized carbons (Fsp3) is 0.222. The number of furan rings is 1. The molecule has 5 heteroatoms. The number of benzene rings is 1. The first-order valence-corrected chi connectivity index (χ1v) is 7.55. The molecule has 2 heterocycles. The van der Waals surface area contributed by atoms with Crippen molar-refractivity contribution in [2.24, 2.45) is 0 Å². The molecule has 0 atom stereocenters. The van der Waals surface area contributed by atoms with Crippen molar-refractivity contribution in [1.82, 2.24) is 5.32 Å². The van der Waals surface area contributed by atoms with Gasteiger partial charge in [-0.2, -0.15) is 0 Å². The van der Waals surface area contributed by atoms with Crippen molar-refractivity contribution in [2.45, 2.75) is 20.3 Å². The number of nitrogens with zero attached hydrogens (tertiary/aromatic N) is 1. The molecule has 1 aliphatic rings. The van der Waals surface area contributed by atoms with Gasteiger partial charge < -0.3 is 4.42 Å². The zero-order chi connectivity index (χ0) is 16.4. The Bertz CT molecular complexity index is 772.